The highest BCUT2D eigenvalue weighted by Crippen LogP contribution is 2.19. The van der Waals surface area contributed by atoms with Crippen molar-refractivity contribution in [3.05, 3.63) is 51.5 Å². The summed E-state index contributed by atoms with van der Waals surface area (Å²) < 4.78 is 0. The fourth-order valence-electron chi connectivity index (χ4n) is 2.22. The molecule has 0 saturated carbocycles. The molecule has 24 heavy (non-hydrogen) atoms. The fourth-order valence-corrected chi connectivity index (χ4v) is 2.81. The van der Waals surface area contributed by atoms with Gasteiger partial charge in [0.15, 0.2) is 0 Å². The van der Waals surface area contributed by atoms with E-state index in [0.29, 0.717) is 0 Å². The van der Waals surface area contributed by atoms with E-state index in [0.717, 1.165) is 27.5 Å². The van der Waals surface area contributed by atoms with Crippen LogP contribution in [0.2, 0.25) is 0 Å². The quantitative estimate of drug-likeness (QED) is 0.848. The van der Waals surface area contributed by atoms with Crippen LogP contribution in [0, 0.1) is 20.8 Å². The van der Waals surface area contributed by atoms with Crippen LogP contribution in [-0.4, -0.2) is 35.3 Å². The van der Waals surface area contributed by atoms with Gasteiger partial charge in [-0.2, -0.15) is 0 Å². The third kappa shape index (κ3) is 4.76. The Bertz CT molecular complexity index is 760. The fraction of sp³-hybridized carbons (Fsp3) is 0.278. The van der Waals surface area contributed by atoms with Gasteiger partial charge in [-0.25, -0.2) is 4.98 Å². The minimum absolute atomic E-state index is 0.00690. The number of aromatic nitrogens is 1. The summed E-state index contributed by atoms with van der Waals surface area (Å²) >= 11 is 1.53. The van der Waals surface area contributed by atoms with Gasteiger partial charge in [-0.05, 0) is 38.0 Å². The summed E-state index contributed by atoms with van der Waals surface area (Å²) in [5, 5.41) is 5.70. The molecular weight excluding hydrogens is 322 g/mol. The predicted octanol–water partition coefficient (Wildman–Crippen LogP) is 3.18. The molecule has 0 radical (unpaired) electrons. The Hall–Kier alpha value is -2.47. The molecule has 1 aromatic carbocycles. The molecule has 5 nitrogen and oxygen atoms in total. The van der Waals surface area contributed by atoms with E-state index in [2.05, 4.69) is 10.3 Å². The van der Waals surface area contributed by atoms with Crippen LogP contribution in [0.15, 0.2) is 29.7 Å². The van der Waals surface area contributed by atoms with Crippen molar-refractivity contribution in [2.75, 3.05) is 18.9 Å². The van der Waals surface area contributed by atoms with Crippen LogP contribution < -0.4 is 5.32 Å². The smallest absolute Gasteiger partial charge is 0.246 e. The van der Waals surface area contributed by atoms with Crippen LogP contribution in [0.1, 0.15) is 21.8 Å². The first kappa shape index (κ1) is 17.9. The number of thiazole rings is 1. The van der Waals surface area contributed by atoms with Crippen molar-refractivity contribution in [3.63, 3.8) is 0 Å². The molecule has 2 amide bonds. The average Bonchev–Trinajstić information content (AvgIpc) is 2.94. The van der Waals surface area contributed by atoms with Gasteiger partial charge in [-0.3, -0.25) is 9.59 Å². The first-order chi connectivity index (χ1) is 11.4. The number of amides is 2. The van der Waals surface area contributed by atoms with E-state index in [-0.39, 0.29) is 18.4 Å². The Morgan fingerprint density at radius 3 is 2.50 bits per heavy atom. The van der Waals surface area contributed by atoms with Gasteiger partial charge < -0.3 is 10.2 Å². The minimum atomic E-state index is -0.239. The Kier molecular flexibility index (Phi) is 5.87. The molecule has 0 fully saturated rings. The summed E-state index contributed by atoms with van der Waals surface area (Å²) in [4.78, 5) is 29.9. The lowest BCUT2D eigenvalue weighted by molar-refractivity contribution is -0.129. The summed E-state index contributed by atoms with van der Waals surface area (Å²) in [6.45, 7) is 5.78. The maximum atomic E-state index is 12.2. The van der Waals surface area contributed by atoms with Crippen molar-refractivity contribution in [2.24, 2.45) is 0 Å². The number of nitrogens with zero attached hydrogens (tertiary/aromatic N) is 2. The molecule has 1 heterocycles. The number of nitrogens with one attached hydrogen (secondary N) is 1. The maximum absolute atomic E-state index is 12.2. The zero-order valence-electron chi connectivity index (χ0n) is 14.3. The number of hydrogen-bond acceptors (Lipinski definition) is 4. The number of carbonyl (C=O) groups is 2. The van der Waals surface area contributed by atoms with Gasteiger partial charge in [0.2, 0.25) is 11.8 Å². The van der Waals surface area contributed by atoms with Crippen molar-refractivity contribution in [3.8, 4) is 0 Å². The molecule has 0 atom stereocenters. The Labute approximate surface area is 146 Å². The highest BCUT2D eigenvalue weighted by Gasteiger charge is 2.12. The lowest BCUT2D eigenvalue weighted by atomic mass is 10.1. The van der Waals surface area contributed by atoms with Gasteiger partial charge >= 0.3 is 0 Å². The molecule has 0 unspecified atom stereocenters. The molecular formula is C18H21N3O2S. The monoisotopic (exact) mass is 343 g/mol. The third-order valence-corrected chi connectivity index (χ3v) is 4.33. The standard InChI is InChI=1S/C18H21N3O2S/c1-12-6-5-7-13(2)18(12)20-16(22)10-21(4)17(23)9-8-15-11-24-14(3)19-15/h5-9,11H,10H2,1-4H3,(H,20,22)/b9-8+. The second-order valence-corrected chi connectivity index (χ2v) is 6.70. The summed E-state index contributed by atoms with van der Waals surface area (Å²) in [6, 6.07) is 5.83. The molecule has 0 saturated heterocycles. The summed E-state index contributed by atoms with van der Waals surface area (Å²) in [6.07, 6.45) is 3.09. The topological polar surface area (TPSA) is 62.3 Å². The highest BCUT2D eigenvalue weighted by molar-refractivity contribution is 7.09. The second kappa shape index (κ2) is 7.88. The minimum Gasteiger partial charge on any atom is -0.333 e. The van der Waals surface area contributed by atoms with Crippen molar-refractivity contribution in [1.29, 1.82) is 0 Å². The van der Waals surface area contributed by atoms with Gasteiger partial charge in [0, 0.05) is 24.2 Å². The second-order valence-electron chi connectivity index (χ2n) is 5.63. The Morgan fingerprint density at radius 2 is 1.92 bits per heavy atom. The van der Waals surface area contributed by atoms with Crippen LogP contribution in [-0.2, 0) is 9.59 Å². The largest absolute Gasteiger partial charge is 0.333 e. The van der Waals surface area contributed by atoms with Gasteiger partial charge in [0.25, 0.3) is 0 Å². The number of anilines is 1. The highest BCUT2D eigenvalue weighted by atomic mass is 32.1. The Balaban J connectivity index is 1.93. The number of benzene rings is 1. The van der Waals surface area contributed by atoms with Crippen molar-refractivity contribution in [1.82, 2.24) is 9.88 Å². The lowest BCUT2D eigenvalue weighted by Crippen LogP contribution is -2.34. The predicted molar refractivity (Wildman–Crippen MR) is 98.1 cm³/mol. The van der Waals surface area contributed by atoms with Crippen LogP contribution in [0.25, 0.3) is 6.08 Å². The summed E-state index contributed by atoms with van der Waals surface area (Å²) in [7, 11) is 1.60. The number of likely N-dealkylation sites (N-methyl/N-ethyl adjacent to an activating group) is 1. The zero-order chi connectivity index (χ0) is 17.7. The van der Waals surface area contributed by atoms with E-state index in [1.165, 1.54) is 22.3 Å². The van der Waals surface area contributed by atoms with Crippen LogP contribution in [0.5, 0.6) is 0 Å². The van der Waals surface area contributed by atoms with Crippen molar-refractivity contribution < 1.29 is 9.59 Å². The summed E-state index contributed by atoms with van der Waals surface area (Å²) in [5.41, 5.74) is 3.54. The number of hydrogen-bond donors (Lipinski definition) is 1. The first-order valence-electron chi connectivity index (χ1n) is 7.58. The average molecular weight is 343 g/mol. The number of para-hydroxylation sites is 1. The zero-order valence-corrected chi connectivity index (χ0v) is 15.1. The van der Waals surface area contributed by atoms with E-state index in [9.17, 15) is 9.59 Å². The van der Waals surface area contributed by atoms with E-state index < -0.39 is 0 Å². The van der Waals surface area contributed by atoms with Crippen LogP contribution in [0.3, 0.4) is 0 Å². The third-order valence-electron chi connectivity index (χ3n) is 3.54. The van der Waals surface area contributed by atoms with Crippen molar-refractivity contribution >= 4 is 34.9 Å². The molecule has 2 rings (SSSR count). The van der Waals surface area contributed by atoms with E-state index >= 15 is 0 Å². The molecule has 0 spiro atoms. The molecule has 0 aliphatic rings. The molecule has 0 aliphatic carbocycles. The lowest BCUT2D eigenvalue weighted by Gasteiger charge is -2.16. The molecule has 6 heteroatoms. The van der Waals surface area contributed by atoms with Crippen molar-refractivity contribution in [2.45, 2.75) is 20.8 Å². The molecule has 0 aliphatic heterocycles. The Morgan fingerprint density at radius 1 is 1.25 bits per heavy atom. The number of carbonyl (C=O) groups excluding carboxylic acids is 2. The van der Waals surface area contributed by atoms with E-state index in [1.54, 1.807) is 13.1 Å². The van der Waals surface area contributed by atoms with Gasteiger partial charge in [-0.15, -0.1) is 11.3 Å². The molecule has 1 N–H and O–H groups in total. The normalized spacial score (nSPS) is 10.8. The maximum Gasteiger partial charge on any atom is 0.246 e. The molecule has 126 valence electrons. The molecule has 1 aromatic heterocycles. The number of rotatable bonds is 5. The van der Waals surface area contributed by atoms with Crippen LogP contribution in [0.4, 0.5) is 5.69 Å². The van der Waals surface area contributed by atoms with E-state index in [1.807, 2.05) is 44.4 Å². The first-order valence-corrected chi connectivity index (χ1v) is 8.46. The molecule has 2 aromatic rings. The van der Waals surface area contributed by atoms with Gasteiger partial charge in [-0.1, -0.05) is 18.2 Å². The van der Waals surface area contributed by atoms with Gasteiger partial charge in [0.05, 0.1) is 17.2 Å². The SMILES string of the molecule is Cc1nc(/C=C/C(=O)N(C)CC(=O)Nc2c(C)cccc2C)cs1. The number of aryl methyl sites for hydroxylation is 3. The summed E-state index contributed by atoms with van der Waals surface area (Å²) in [5.74, 6) is -0.460. The van der Waals surface area contributed by atoms with E-state index in [4.69, 9.17) is 0 Å². The van der Waals surface area contributed by atoms with Gasteiger partial charge in [0.1, 0.15) is 0 Å². The van der Waals surface area contributed by atoms with Crippen LogP contribution >= 0.6 is 11.3 Å². The molecule has 0 bridgehead atoms.